The first kappa shape index (κ1) is 16.9. The van der Waals surface area contributed by atoms with E-state index in [1.165, 1.54) is 24.4 Å². The highest BCUT2D eigenvalue weighted by Crippen LogP contribution is 2.17. The van der Waals surface area contributed by atoms with Crippen molar-refractivity contribution in [1.82, 2.24) is 9.97 Å². The van der Waals surface area contributed by atoms with E-state index in [0.717, 1.165) is 0 Å². The van der Waals surface area contributed by atoms with Gasteiger partial charge in [0.1, 0.15) is 11.6 Å². The molecule has 0 aliphatic rings. The molecule has 1 aromatic heterocycles. The van der Waals surface area contributed by atoms with Crippen LogP contribution >= 0.6 is 11.6 Å². The molecule has 5 nitrogen and oxygen atoms in total. The number of nitrogens with zero attached hydrogens (tertiary/aromatic N) is 1. The Balaban J connectivity index is 1.74. The third-order valence-electron chi connectivity index (χ3n) is 3.45. The molecule has 0 unspecified atom stereocenters. The lowest BCUT2D eigenvalue weighted by Gasteiger charge is -2.06. The molecule has 0 bridgehead atoms. The number of H-pyrrole nitrogens is 1. The predicted octanol–water partition coefficient (Wildman–Crippen LogP) is 3.41. The fraction of sp³-hybridized carbons (Fsp3) is 0.0556. The number of nitrogens with one attached hydrogen (secondary N) is 2. The second kappa shape index (κ2) is 7.27. The summed E-state index contributed by atoms with van der Waals surface area (Å²) in [6.45, 7) is 0. The van der Waals surface area contributed by atoms with E-state index in [9.17, 15) is 14.0 Å². The lowest BCUT2D eigenvalue weighted by atomic mass is 10.2. The molecular formula is C18H13ClFN3O2. The van der Waals surface area contributed by atoms with Gasteiger partial charge in [-0.05, 0) is 42.5 Å². The number of rotatable bonds is 4. The lowest BCUT2D eigenvalue weighted by Crippen LogP contribution is -2.22. The van der Waals surface area contributed by atoms with Gasteiger partial charge in [-0.15, -0.1) is 0 Å². The van der Waals surface area contributed by atoms with Gasteiger partial charge in [0.25, 0.3) is 5.56 Å². The summed E-state index contributed by atoms with van der Waals surface area (Å²) < 4.78 is 13.1. The van der Waals surface area contributed by atoms with E-state index in [2.05, 4.69) is 15.3 Å². The van der Waals surface area contributed by atoms with Crippen molar-refractivity contribution < 1.29 is 9.18 Å². The summed E-state index contributed by atoms with van der Waals surface area (Å²) in [4.78, 5) is 31.0. The molecule has 0 aliphatic carbocycles. The Bertz CT molecular complexity index is 971. The standard InChI is InChI=1S/C18H13ClFN3O2/c19-13-6-4-11(5-7-13)17-21-10-12(18(25)23-17)8-16(24)22-15-3-1-2-14(20)9-15/h1-7,9-10H,8H2,(H,22,24)(H,21,23,25). The van der Waals surface area contributed by atoms with Crippen LogP contribution in [0.4, 0.5) is 10.1 Å². The van der Waals surface area contributed by atoms with Gasteiger partial charge in [-0.3, -0.25) is 9.59 Å². The molecule has 126 valence electrons. The summed E-state index contributed by atoms with van der Waals surface area (Å²) in [5.41, 5.74) is 0.838. The molecule has 0 spiro atoms. The van der Waals surface area contributed by atoms with Crippen molar-refractivity contribution in [3.63, 3.8) is 0 Å². The maximum Gasteiger partial charge on any atom is 0.254 e. The zero-order valence-electron chi connectivity index (χ0n) is 12.9. The van der Waals surface area contributed by atoms with Gasteiger partial charge in [0, 0.05) is 28.0 Å². The third kappa shape index (κ3) is 4.30. The van der Waals surface area contributed by atoms with E-state index in [4.69, 9.17) is 11.6 Å². The minimum absolute atomic E-state index is 0.167. The molecule has 0 saturated heterocycles. The molecule has 2 N–H and O–H groups in total. The molecule has 2 aromatic carbocycles. The van der Waals surface area contributed by atoms with Crippen LogP contribution in [0, 0.1) is 5.82 Å². The average Bonchev–Trinajstić information content (AvgIpc) is 2.57. The first-order chi connectivity index (χ1) is 12.0. The largest absolute Gasteiger partial charge is 0.326 e. The van der Waals surface area contributed by atoms with Crippen LogP contribution in [0.5, 0.6) is 0 Å². The Kier molecular flexibility index (Phi) is 4.90. The van der Waals surface area contributed by atoms with Gasteiger partial charge in [-0.1, -0.05) is 17.7 Å². The predicted molar refractivity (Wildman–Crippen MR) is 94.0 cm³/mol. The quantitative estimate of drug-likeness (QED) is 0.751. The van der Waals surface area contributed by atoms with Crippen molar-refractivity contribution in [3.05, 3.63) is 81.5 Å². The van der Waals surface area contributed by atoms with E-state index in [0.29, 0.717) is 22.1 Å². The maximum atomic E-state index is 13.1. The van der Waals surface area contributed by atoms with Crippen LogP contribution in [0.3, 0.4) is 0 Å². The van der Waals surface area contributed by atoms with E-state index in [1.807, 2.05) is 0 Å². The SMILES string of the molecule is O=C(Cc1cnc(-c2ccc(Cl)cc2)[nH]c1=O)Nc1cccc(F)c1. The normalized spacial score (nSPS) is 10.5. The van der Waals surface area contributed by atoms with Gasteiger partial charge in [0.2, 0.25) is 5.91 Å². The summed E-state index contributed by atoms with van der Waals surface area (Å²) in [5.74, 6) is -0.502. The molecule has 3 rings (SSSR count). The number of aromatic amines is 1. The highest BCUT2D eigenvalue weighted by molar-refractivity contribution is 6.30. The van der Waals surface area contributed by atoms with E-state index >= 15 is 0 Å². The minimum atomic E-state index is -0.454. The summed E-state index contributed by atoms with van der Waals surface area (Å²) in [7, 11) is 0. The van der Waals surface area contributed by atoms with Crippen molar-refractivity contribution >= 4 is 23.2 Å². The molecule has 7 heteroatoms. The van der Waals surface area contributed by atoms with Gasteiger partial charge < -0.3 is 10.3 Å². The molecule has 0 radical (unpaired) electrons. The summed E-state index contributed by atoms with van der Waals surface area (Å²) in [6.07, 6.45) is 1.19. The lowest BCUT2D eigenvalue weighted by molar-refractivity contribution is -0.115. The van der Waals surface area contributed by atoms with Gasteiger partial charge in [0.05, 0.1) is 6.42 Å². The van der Waals surface area contributed by atoms with Crippen molar-refractivity contribution in [2.75, 3.05) is 5.32 Å². The number of hydrogen-bond donors (Lipinski definition) is 2. The molecule has 0 fully saturated rings. The fourth-order valence-electron chi connectivity index (χ4n) is 2.25. The maximum absolute atomic E-state index is 13.1. The van der Waals surface area contributed by atoms with Gasteiger partial charge >= 0.3 is 0 Å². The minimum Gasteiger partial charge on any atom is -0.326 e. The highest BCUT2D eigenvalue weighted by atomic mass is 35.5. The monoisotopic (exact) mass is 357 g/mol. The van der Waals surface area contributed by atoms with Crippen LogP contribution in [0.25, 0.3) is 11.4 Å². The van der Waals surface area contributed by atoms with Gasteiger partial charge in [-0.25, -0.2) is 9.37 Å². The van der Waals surface area contributed by atoms with E-state index < -0.39 is 17.3 Å². The second-order valence-corrected chi connectivity index (χ2v) is 5.76. The molecule has 3 aromatic rings. The fourth-order valence-corrected chi connectivity index (χ4v) is 2.37. The number of hydrogen-bond acceptors (Lipinski definition) is 3. The number of benzene rings is 2. The van der Waals surface area contributed by atoms with Crippen LogP contribution < -0.4 is 10.9 Å². The van der Waals surface area contributed by atoms with Crippen LogP contribution in [-0.2, 0) is 11.2 Å². The van der Waals surface area contributed by atoms with Crippen LogP contribution in [0.15, 0.2) is 59.5 Å². The number of carbonyl (C=O) groups excluding carboxylic acids is 1. The van der Waals surface area contributed by atoms with Crippen molar-refractivity contribution in [1.29, 1.82) is 0 Å². The van der Waals surface area contributed by atoms with Gasteiger partial charge in [0.15, 0.2) is 0 Å². The van der Waals surface area contributed by atoms with E-state index in [1.54, 1.807) is 30.3 Å². The topological polar surface area (TPSA) is 74.8 Å². The smallest absolute Gasteiger partial charge is 0.254 e. The number of aromatic nitrogens is 2. The number of carbonyl (C=O) groups is 1. The second-order valence-electron chi connectivity index (χ2n) is 5.33. The summed E-state index contributed by atoms with van der Waals surface area (Å²) in [6, 6.07) is 12.4. The van der Waals surface area contributed by atoms with Crippen molar-refractivity contribution in [2.24, 2.45) is 0 Å². The van der Waals surface area contributed by atoms with Gasteiger partial charge in [-0.2, -0.15) is 0 Å². The highest BCUT2D eigenvalue weighted by Gasteiger charge is 2.10. The molecule has 0 aliphatic heterocycles. The number of anilines is 1. The van der Waals surface area contributed by atoms with Crippen LogP contribution in [-0.4, -0.2) is 15.9 Å². The summed E-state index contributed by atoms with van der Waals surface area (Å²) in [5, 5.41) is 3.12. The average molecular weight is 358 g/mol. The van der Waals surface area contributed by atoms with Crippen LogP contribution in [0.2, 0.25) is 5.02 Å². The molecular weight excluding hydrogens is 345 g/mol. The Hall–Kier alpha value is -2.99. The zero-order valence-corrected chi connectivity index (χ0v) is 13.7. The Morgan fingerprint density at radius 1 is 1.20 bits per heavy atom. The first-order valence-corrected chi connectivity index (χ1v) is 7.78. The number of halogens is 2. The van der Waals surface area contributed by atoms with Crippen LogP contribution in [0.1, 0.15) is 5.56 Å². The molecule has 1 heterocycles. The third-order valence-corrected chi connectivity index (χ3v) is 3.70. The molecule has 25 heavy (non-hydrogen) atoms. The molecule has 1 amide bonds. The number of amides is 1. The first-order valence-electron chi connectivity index (χ1n) is 7.41. The zero-order chi connectivity index (χ0) is 17.8. The Morgan fingerprint density at radius 2 is 1.96 bits per heavy atom. The summed E-state index contributed by atoms with van der Waals surface area (Å²) >= 11 is 5.83. The Morgan fingerprint density at radius 3 is 2.64 bits per heavy atom. The Labute approximate surface area is 147 Å². The van der Waals surface area contributed by atoms with E-state index in [-0.39, 0.29) is 12.0 Å². The van der Waals surface area contributed by atoms with Crippen molar-refractivity contribution in [3.8, 4) is 11.4 Å². The molecule has 0 atom stereocenters. The van der Waals surface area contributed by atoms with Crippen molar-refractivity contribution in [2.45, 2.75) is 6.42 Å². The molecule has 0 saturated carbocycles.